The predicted octanol–water partition coefficient (Wildman–Crippen LogP) is 8.85. The number of nitriles is 2. The van der Waals surface area contributed by atoms with E-state index < -0.39 is 12.1 Å². The number of carbonyl (C=O) groups excluding carboxylic acids is 2. The lowest BCUT2D eigenvalue weighted by Gasteiger charge is -2.21. The molecule has 2 amide bonds. The van der Waals surface area contributed by atoms with Crippen LogP contribution < -0.4 is 21.3 Å². The van der Waals surface area contributed by atoms with E-state index in [9.17, 15) is 9.59 Å². The molecule has 0 aliphatic rings. The number of pyridine rings is 2. The van der Waals surface area contributed by atoms with Gasteiger partial charge in [0.25, 0.3) is 0 Å². The van der Waals surface area contributed by atoms with E-state index in [1.54, 1.807) is 46.3 Å². The maximum Gasteiger partial charge on any atom is 0.247 e. The summed E-state index contributed by atoms with van der Waals surface area (Å²) in [5, 5.41) is 39.1. The molecular formula is C54H52N12O2. The van der Waals surface area contributed by atoms with E-state index >= 15 is 0 Å². The summed E-state index contributed by atoms with van der Waals surface area (Å²) in [4.78, 5) is 35.3. The van der Waals surface area contributed by atoms with Crippen LogP contribution in [0.2, 0.25) is 0 Å². The van der Waals surface area contributed by atoms with Gasteiger partial charge < -0.3 is 21.3 Å². The van der Waals surface area contributed by atoms with E-state index in [-0.39, 0.29) is 23.7 Å². The zero-order chi connectivity index (χ0) is 47.8. The van der Waals surface area contributed by atoms with Crippen molar-refractivity contribution in [2.45, 2.75) is 37.8 Å². The molecule has 8 rings (SSSR count). The van der Waals surface area contributed by atoms with Crippen molar-refractivity contribution in [1.29, 1.82) is 10.5 Å². The van der Waals surface area contributed by atoms with Crippen molar-refractivity contribution in [2.75, 3.05) is 23.7 Å². The Bertz CT molecular complexity index is 2750. The molecule has 4 atom stereocenters. The first-order valence-electron chi connectivity index (χ1n) is 22.2. The largest absolute Gasteiger partial charge is 0.309 e. The molecule has 0 saturated carbocycles. The molecule has 14 nitrogen and oxygen atoms in total. The molecule has 4 heterocycles. The third-order valence-electron chi connectivity index (χ3n) is 11.4. The van der Waals surface area contributed by atoms with E-state index in [0.717, 1.165) is 44.5 Å². The zero-order valence-corrected chi connectivity index (χ0v) is 38.3. The minimum Gasteiger partial charge on any atom is -0.309 e. The number of amides is 2. The van der Waals surface area contributed by atoms with Crippen LogP contribution in [0.1, 0.15) is 71.1 Å². The average molecular weight is 901 g/mol. The fourth-order valence-electron chi connectivity index (χ4n) is 7.43. The van der Waals surface area contributed by atoms with Crippen LogP contribution in [0.25, 0.3) is 22.3 Å². The molecule has 4 aromatic carbocycles. The van der Waals surface area contributed by atoms with Crippen molar-refractivity contribution in [3.63, 3.8) is 0 Å². The summed E-state index contributed by atoms with van der Waals surface area (Å²) in [6.45, 7) is 5.36. The number of aromatic nitrogens is 6. The smallest absolute Gasteiger partial charge is 0.247 e. The summed E-state index contributed by atoms with van der Waals surface area (Å²) in [7, 11) is 3.73. The van der Waals surface area contributed by atoms with Gasteiger partial charge in [-0.2, -0.15) is 20.7 Å². The average Bonchev–Trinajstić information content (AvgIpc) is 4.03. The highest BCUT2D eigenvalue weighted by atomic mass is 16.2. The van der Waals surface area contributed by atoms with Crippen molar-refractivity contribution < 1.29 is 9.59 Å². The Morgan fingerprint density at radius 3 is 1.19 bits per heavy atom. The SMILES string of the molecule is C[C@H](CN[C@@H](C(=O)Nc1ccc(-c2cnn(C)c2)cn1)c1ccccc1)c1ccc(C#N)cc1.C[C@H](CN[C@H](C(=O)Nc1ccc(-c2cnn(C)c2)cn1)c1ccccc1)c1ccc(C#N)cc1. The van der Waals surface area contributed by atoms with Gasteiger partial charge in [0.05, 0.1) is 35.7 Å². The molecule has 0 spiro atoms. The molecular weight excluding hydrogens is 849 g/mol. The maximum absolute atomic E-state index is 13.2. The highest BCUT2D eigenvalue weighted by molar-refractivity contribution is 5.95. The fourth-order valence-corrected chi connectivity index (χ4v) is 7.43. The second kappa shape index (κ2) is 23.1. The first kappa shape index (κ1) is 47.4. The number of benzene rings is 4. The normalized spacial score (nSPS) is 12.5. The van der Waals surface area contributed by atoms with E-state index in [4.69, 9.17) is 10.5 Å². The van der Waals surface area contributed by atoms with Gasteiger partial charge in [-0.05, 0) is 82.6 Å². The summed E-state index contributed by atoms with van der Waals surface area (Å²) in [6, 6.07) is 44.9. The van der Waals surface area contributed by atoms with Crippen LogP contribution in [-0.4, -0.2) is 54.4 Å². The molecule has 0 radical (unpaired) electrons. The van der Waals surface area contributed by atoms with Gasteiger partial charge in [-0.1, -0.05) is 98.8 Å². The van der Waals surface area contributed by atoms with E-state index in [0.29, 0.717) is 35.9 Å². The molecule has 0 aliphatic carbocycles. The Hall–Kier alpha value is -8.56. The Kier molecular flexibility index (Phi) is 16.1. The van der Waals surface area contributed by atoms with Gasteiger partial charge in [0.1, 0.15) is 23.7 Å². The molecule has 8 aromatic rings. The second-order valence-electron chi connectivity index (χ2n) is 16.4. The summed E-state index contributed by atoms with van der Waals surface area (Å²) in [5.41, 5.74) is 9.01. The van der Waals surface area contributed by atoms with Gasteiger partial charge in [-0.15, -0.1) is 0 Å². The van der Waals surface area contributed by atoms with Crippen molar-refractivity contribution in [1.82, 2.24) is 40.2 Å². The van der Waals surface area contributed by atoms with Gasteiger partial charge >= 0.3 is 0 Å². The van der Waals surface area contributed by atoms with Crippen molar-refractivity contribution in [3.05, 3.63) is 204 Å². The minimum absolute atomic E-state index is 0.156. The third kappa shape index (κ3) is 12.8. The van der Waals surface area contributed by atoms with Crippen LogP contribution in [0.15, 0.2) is 171 Å². The van der Waals surface area contributed by atoms with Crippen LogP contribution in [0, 0.1) is 22.7 Å². The van der Waals surface area contributed by atoms with E-state index in [1.807, 2.05) is 148 Å². The molecule has 0 aliphatic heterocycles. The molecule has 0 saturated heterocycles. The first-order valence-corrected chi connectivity index (χ1v) is 22.2. The summed E-state index contributed by atoms with van der Waals surface area (Å²) < 4.78 is 3.47. The number of hydrogen-bond donors (Lipinski definition) is 4. The molecule has 14 heteroatoms. The number of carbonyl (C=O) groups is 2. The number of anilines is 2. The van der Waals surface area contributed by atoms with Gasteiger partial charge in [0, 0.05) is 74.2 Å². The number of nitrogens with one attached hydrogen (secondary N) is 4. The molecule has 4 aromatic heterocycles. The van der Waals surface area contributed by atoms with Gasteiger partial charge in [-0.3, -0.25) is 19.0 Å². The molecule has 0 bridgehead atoms. The fraction of sp³-hybridized carbons (Fsp3) is 0.185. The van der Waals surface area contributed by atoms with Crippen LogP contribution in [0.5, 0.6) is 0 Å². The number of nitrogens with zero attached hydrogens (tertiary/aromatic N) is 8. The summed E-state index contributed by atoms with van der Waals surface area (Å²) >= 11 is 0. The summed E-state index contributed by atoms with van der Waals surface area (Å²) in [5.74, 6) is 0.924. The van der Waals surface area contributed by atoms with Crippen LogP contribution in [0.4, 0.5) is 11.6 Å². The lowest BCUT2D eigenvalue weighted by Crippen LogP contribution is -2.35. The molecule has 4 N–H and O–H groups in total. The number of hydrogen-bond acceptors (Lipinski definition) is 10. The third-order valence-corrected chi connectivity index (χ3v) is 11.4. The van der Waals surface area contributed by atoms with Gasteiger partial charge in [-0.25, -0.2) is 9.97 Å². The molecule has 0 unspecified atom stereocenters. The van der Waals surface area contributed by atoms with E-state index in [1.165, 1.54) is 0 Å². The predicted molar refractivity (Wildman–Crippen MR) is 264 cm³/mol. The molecule has 0 fully saturated rings. The standard InChI is InChI=1S/2C27H26N6O/c2*1-19(21-10-8-20(14-28)9-11-21)15-30-26(22-6-4-3-5-7-22)27(34)32-25-13-12-23(16-29-25)24-17-31-33(2)18-24/h2*3-13,16-19,26,30H,15H2,1-2H3,(H,29,32,34)/t19-,26+;19-,26-/m11/s1. The van der Waals surface area contributed by atoms with Crippen molar-refractivity contribution in [3.8, 4) is 34.4 Å². The van der Waals surface area contributed by atoms with Crippen molar-refractivity contribution in [2.24, 2.45) is 14.1 Å². The van der Waals surface area contributed by atoms with Gasteiger partial charge in [0.2, 0.25) is 11.8 Å². The van der Waals surface area contributed by atoms with Crippen LogP contribution in [-0.2, 0) is 23.7 Å². The zero-order valence-electron chi connectivity index (χ0n) is 38.3. The lowest BCUT2D eigenvalue weighted by atomic mass is 9.98. The maximum atomic E-state index is 13.2. The lowest BCUT2D eigenvalue weighted by molar-refractivity contribution is -0.119. The second-order valence-corrected chi connectivity index (χ2v) is 16.4. The Labute approximate surface area is 396 Å². The van der Waals surface area contributed by atoms with E-state index in [2.05, 4.69) is 67.4 Å². The molecule has 68 heavy (non-hydrogen) atoms. The minimum atomic E-state index is -0.540. The van der Waals surface area contributed by atoms with Crippen molar-refractivity contribution >= 4 is 23.5 Å². The van der Waals surface area contributed by atoms with Crippen LogP contribution >= 0.6 is 0 Å². The monoisotopic (exact) mass is 900 g/mol. The highest BCUT2D eigenvalue weighted by Crippen LogP contribution is 2.24. The van der Waals surface area contributed by atoms with Crippen LogP contribution in [0.3, 0.4) is 0 Å². The Morgan fingerprint density at radius 1 is 0.500 bits per heavy atom. The quantitative estimate of drug-likeness (QED) is 0.0729. The Morgan fingerprint density at radius 2 is 0.882 bits per heavy atom. The Balaban J connectivity index is 0.000000201. The number of aryl methyl sites for hydroxylation is 2. The topological polar surface area (TPSA) is 191 Å². The highest BCUT2D eigenvalue weighted by Gasteiger charge is 2.23. The number of rotatable bonds is 16. The summed E-state index contributed by atoms with van der Waals surface area (Å²) in [6.07, 6.45) is 10.8. The van der Waals surface area contributed by atoms with Gasteiger partial charge in [0.15, 0.2) is 0 Å². The molecule has 340 valence electrons. The first-order chi connectivity index (χ1) is 33.1.